The number of amides is 1. The van der Waals surface area contributed by atoms with Gasteiger partial charge in [0.15, 0.2) is 10.6 Å². The summed E-state index contributed by atoms with van der Waals surface area (Å²) in [5.74, 6) is 1.18. The number of ether oxygens (including phenoxy) is 1. The summed E-state index contributed by atoms with van der Waals surface area (Å²) in [5.41, 5.74) is 1.22. The number of nitrogens with one attached hydrogen (secondary N) is 2. The molecule has 0 fully saturated rings. The maximum absolute atomic E-state index is 12.3. The molecular weight excluding hydrogens is 444 g/mol. The van der Waals surface area contributed by atoms with Crippen molar-refractivity contribution in [1.82, 2.24) is 14.8 Å². The van der Waals surface area contributed by atoms with Crippen LogP contribution in [0, 0.1) is 4.77 Å². The highest BCUT2D eigenvalue weighted by atomic mass is 79.9. The standard InChI is InChI=1S/C19H19BrN4O3S/c1-2-27-14-6-3-12(4-7-14)18-22-23-19(28)24(18)10-9-17(26)21-15-8-5-13(20)11-16(15)25/h3-8,11,25H,2,9-10H2,1H3,(H,21,26)(H,23,28). The molecule has 3 N–H and O–H groups in total. The molecule has 0 aliphatic heterocycles. The number of anilines is 1. The maximum atomic E-state index is 12.3. The van der Waals surface area contributed by atoms with Crippen molar-refractivity contribution in [2.75, 3.05) is 11.9 Å². The smallest absolute Gasteiger partial charge is 0.226 e. The molecule has 1 amide bonds. The van der Waals surface area contributed by atoms with Crippen LogP contribution in [-0.2, 0) is 11.3 Å². The number of aromatic nitrogens is 3. The van der Waals surface area contributed by atoms with Gasteiger partial charge in [-0.2, -0.15) is 5.10 Å². The first-order valence-electron chi connectivity index (χ1n) is 8.64. The largest absolute Gasteiger partial charge is 0.506 e. The van der Waals surface area contributed by atoms with E-state index in [1.807, 2.05) is 31.2 Å². The van der Waals surface area contributed by atoms with Gasteiger partial charge in [-0.25, -0.2) is 0 Å². The molecule has 7 nitrogen and oxygen atoms in total. The van der Waals surface area contributed by atoms with E-state index >= 15 is 0 Å². The van der Waals surface area contributed by atoms with Gasteiger partial charge >= 0.3 is 0 Å². The fourth-order valence-electron chi connectivity index (χ4n) is 2.65. The van der Waals surface area contributed by atoms with Crippen LogP contribution in [0.4, 0.5) is 5.69 Å². The highest BCUT2D eigenvalue weighted by Gasteiger charge is 2.12. The summed E-state index contributed by atoms with van der Waals surface area (Å²) in [4.78, 5) is 12.3. The van der Waals surface area contributed by atoms with Gasteiger partial charge in [0.2, 0.25) is 5.91 Å². The summed E-state index contributed by atoms with van der Waals surface area (Å²) in [7, 11) is 0. The lowest BCUT2D eigenvalue weighted by atomic mass is 10.2. The van der Waals surface area contributed by atoms with Gasteiger partial charge in [0, 0.05) is 23.0 Å². The van der Waals surface area contributed by atoms with Gasteiger partial charge in [0.05, 0.1) is 12.3 Å². The molecule has 1 aromatic heterocycles. The second-order valence-corrected chi connectivity index (χ2v) is 7.22. The van der Waals surface area contributed by atoms with E-state index < -0.39 is 0 Å². The van der Waals surface area contributed by atoms with Gasteiger partial charge in [-0.3, -0.25) is 14.5 Å². The topological polar surface area (TPSA) is 92.2 Å². The van der Waals surface area contributed by atoms with Gasteiger partial charge in [0.25, 0.3) is 0 Å². The Bertz CT molecular complexity index is 1030. The molecule has 0 atom stereocenters. The summed E-state index contributed by atoms with van der Waals surface area (Å²) in [6.45, 7) is 2.88. The summed E-state index contributed by atoms with van der Waals surface area (Å²) in [6.07, 6.45) is 0.174. The Morgan fingerprint density at radius 2 is 2.07 bits per heavy atom. The molecule has 28 heavy (non-hydrogen) atoms. The minimum atomic E-state index is -0.238. The van der Waals surface area contributed by atoms with Gasteiger partial charge in [0.1, 0.15) is 11.5 Å². The number of benzene rings is 2. The fourth-order valence-corrected chi connectivity index (χ4v) is 3.22. The van der Waals surface area contributed by atoms with E-state index in [-0.39, 0.29) is 18.1 Å². The van der Waals surface area contributed by atoms with Crippen LogP contribution in [0.15, 0.2) is 46.9 Å². The molecule has 0 radical (unpaired) electrons. The highest BCUT2D eigenvalue weighted by molar-refractivity contribution is 9.10. The van der Waals surface area contributed by atoms with Crippen LogP contribution in [0.5, 0.6) is 11.5 Å². The van der Waals surface area contributed by atoms with E-state index in [9.17, 15) is 9.90 Å². The van der Waals surface area contributed by atoms with E-state index in [4.69, 9.17) is 17.0 Å². The lowest BCUT2D eigenvalue weighted by Crippen LogP contribution is -2.15. The Kier molecular flexibility index (Phi) is 6.48. The minimum absolute atomic E-state index is 0.00211. The predicted octanol–water partition coefficient (Wildman–Crippen LogP) is 4.50. The zero-order valence-electron chi connectivity index (χ0n) is 15.1. The van der Waals surface area contributed by atoms with Crippen LogP contribution >= 0.6 is 28.1 Å². The zero-order chi connectivity index (χ0) is 20.1. The van der Waals surface area contributed by atoms with Crippen LogP contribution in [-0.4, -0.2) is 32.4 Å². The lowest BCUT2D eigenvalue weighted by molar-refractivity contribution is -0.116. The number of hydrogen-bond acceptors (Lipinski definition) is 5. The summed E-state index contributed by atoms with van der Waals surface area (Å²) in [5, 5.41) is 19.6. The zero-order valence-corrected chi connectivity index (χ0v) is 17.5. The second-order valence-electron chi connectivity index (χ2n) is 5.92. The molecule has 0 spiro atoms. The van der Waals surface area contributed by atoms with Crippen LogP contribution in [0.25, 0.3) is 11.4 Å². The van der Waals surface area contributed by atoms with Crippen molar-refractivity contribution < 1.29 is 14.6 Å². The molecule has 3 rings (SSSR count). The third-order valence-electron chi connectivity index (χ3n) is 3.98. The first-order valence-corrected chi connectivity index (χ1v) is 9.85. The number of phenolic OH excluding ortho intramolecular Hbond substituents is 1. The third-order valence-corrected chi connectivity index (χ3v) is 4.78. The Labute approximate surface area is 175 Å². The number of halogens is 1. The third kappa shape index (κ3) is 4.79. The van der Waals surface area contributed by atoms with Gasteiger partial charge in [-0.15, -0.1) is 0 Å². The van der Waals surface area contributed by atoms with Crippen LogP contribution in [0.1, 0.15) is 13.3 Å². The number of H-pyrrole nitrogens is 1. The quantitative estimate of drug-likeness (QED) is 0.355. The average Bonchev–Trinajstić information content (AvgIpc) is 3.04. The second kappa shape index (κ2) is 9.03. The van der Waals surface area contributed by atoms with E-state index in [2.05, 4.69) is 31.4 Å². The van der Waals surface area contributed by atoms with Gasteiger partial charge in [-0.05, 0) is 61.6 Å². The maximum Gasteiger partial charge on any atom is 0.226 e. The molecule has 2 aromatic carbocycles. The Hall–Kier alpha value is -2.65. The van der Waals surface area contributed by atoms with Crippen molar-refractivity contribution in [2.24, 2.45) is 0 Å². The Morgan fingerprint density at radius 3 is 2.75 bits per heavy atom. The fraction of sp³-hybridized carbons (Fsp3) is 0.211. The van der Waals surface area contributed by atoms with Crippen molar-refractivity contribution in [3.05, 3.63) is 51.7 Å². The number of nitrogens with zero attached hydrogens (tertiary/aromatic N) is 2. The van der Waals surface area contributed by atoms with E-state index in [0.29, 0.717) is 29.4 Å². The first kappa shape index (κ1) is 20.1. The van der Waals surface area contributed by atoms with Crippen molar-refractivity contribution in [2.45, 2.75) is 19.9 Å². The predicted molar refractivity (Wildman–Crippen MR) is 113 cm³/mol. The molecular formula is C19H19BrN4O3S. The van der Waals surface area contributed by atoms with E-state index in [1.165, 1.54) is 6.07 Å². The molecule has 0 aliphatic rings. The molecule has 9 heteroatoms. The molecule has 0 aliphatic carbocycles. The lowest BCUT2D eigenvalue weighted by Gasteiger charge is -2.10. The van der Waals surface area contributed by atoms with Crippen molar-refractivity contribution in [3.8, 4) is 22.9 Å². The highest BCUT2D eigenvalue weighted by Crippen LogP contribution is 2.27. The van der Waals surface area contributed by atoms with Crippen LogP contribution in [0.2, 0.25) is 0 Å². The molecule has 0 unspecified atom stereocenters. The number of hydrogen-bond donors (Lipinski definition) is 3. The number of phenols is 1. The van der Waals surface area contributed by atoms with Gasteiger partial charge < -0.3 is 15.2 Å². The van der Waals surface area contributed by atoms with E-state index in [1.54, 1.807) is 16.7 Å². The average molecular weight is 463 g/mol. The molecule has 0 saturated carbocycles. The Morgan fingerprint density at radius 1 is 1.32 bits per heavy atom. The summed E-state index contributed by atoms with van der Waals surface area (Å²) in [6, 6.07) is 12.4. The van der Waals surface area contributed by atoms with Gasteiger partial charge in [-0.1, -0.05) is 15.9 Å². The van der Waals surface area contributed by atoms with Crippen molar-refractivity contribution in [1.29, 1.82) is 0 Å². The summed E-state index contributed by atoms with van der Waals surface area (Å²) < 4.78 is 8.39. The molecule has 0 saturated heterocycles. The molecule has 1 heterocycles. The van der Waals surface area contributed by atoms with Crippen LogP contribution in [0.3, 0.4) is 0 Å². The van der Waals surface area contributed by atoms with Crippen LogP contribution < -0.4 is 10.1 Å². The Balaban J connectivity index is 1.70. The number of aromatic amines is 1. The van der Waals surface area contributed by atoms with Crippen molar-refractivity contribution >= 4 is 39.7 Å². The molecule has 146 valence electrons. The van der Waals surface area contributed by atoms with E-state index in [0.717, 1.165) is 15.8 Å². The SMILES string of the molecule is CCOc1ccc(-c2n[nH]c(=S)n2CCC(=O)Nc2ccc(Br)cc2O)cc1. The molecule has 0 bridgehead atoms. The monoisotopic (exact) mass is 462 g/mol. The number of carbonyl (C=O) groups is 1. The number of aromatic hydroxyl groups is 1. The first-order chi connectivity index (χ1) is 13.5. The summed E-state index contributed by atoms with van der Waals surface area (Å²) >= 11 is 8.56. The molecule has 3 aromatic rings. The minimum Gasteiger partial charge on any atom is -0.506 e. The van der Waals surface area contributed by atoms with Crippen molar-refractivity contribution in [3.63, 3.8) is 0 Å². The number of carbonyl (C=O) groups excluding carboxylic acids is 1. The normalized spacial score (nSPS) is 10.6. The number of rotatable bonds is 7.